The van der Waals surface area contributed by atoms with Gasteiger partial charge in [0.2, 0.25) is 0 Å². The fraction of sp³-hybridized carbons (Fsp3) is 0.688. The second kappa shape index (κ2) is 6.92. The third-order valence-electron chi connectivity index (χ3n) is 4.32. The lowest BCUT2D eigenvalue weighted by molar-refractivity contribution is 0.0530. The third kappa shape index (κ3) is 3.76. The van der Waals surface area contributed by atoms with Crippen LogP contribution in [0.15, 0.2) is 6.20 Å². The van der Waals surface area contributed by atoms with E-state index in [-0.39, 0.29) is 35.7 Å². The minimum absolute atomic E-state index is 0. The molecule has 1 aromatic rings. The lowest BCUT2D eigenvalue weighted by Crippen LogP contribution is -2.54. The Balaban J connectivity index is 0.00000242. The van der Waals surface area contributed by atoms with Crippen LogP contribution in [0.4, 0.5) is 0 Å². The van der Waals surface area contributed by atoms with E-state index in [1.807, 2.05) is 11.8 Å². The van der Waals surface area contributed by atoms with Gasteiger partial charge in [0, 0.05) is 25.3 Å². The summed E-state index contributed by atoms with van der Waals surface area (Å²) in [6.07, 6.45) is 2.50. The van der Waals surface area contributed by atoms with Crippen LogP contribution in [0.5, 0.6) is 0 Å². The van der Waals surface area contributed by atoms with Crippen LogP contribution >= 0.6 is 12.4 Å². The maximum Gasteiger partial charge on any atom is 0.257 e. The van der Waals surface area contributed by atoms with Gasteiger partial charge >= 0.3 is 0 Å². The SMILES string of the molecule is Cc1ncc(C(=O)N2CCC(N)C(C)(C)C2)c(C(C)C)n1.Cl. The summed E-state index contributed by atoms with van der Waals surface area (Å²) >= 11 is 0. The number of carbonyl (C=O) groups is 1. The highest BCUT2D eigenvalue weighted by Gasteiger charge is 2.36. The van der Waals surface area contributed by atoms with Gasteiger partial charge < -0.3 is 10.6 Å². The van der Waals surface area contributed by atoms with Crippen LogP contribution < -0.4 is 5.73 Å². The average molecular weight is 327 g/mol. The molecule has 1 aliphatic rings. The zero-order chi connectivity index (χ0) is 15.8. The first kappa shape index (κ1) is 18.8. The zero-order valence-electron chi connectivity index (χ0n) is 14.1. The quantitative estimate of drug-likeness (QED) is 0.906. The van der Waals surface area contributed by atoms with Crippen molar-refractivity contribution in [2.45, 2.75) is 53.0 Å². The van der Waals surface area contributed by atoms with E-state index in [9.17, 15) is 4.79 Å². The summed E-state index contributed by atoms with van der Waals surface area (Å²) in [5, 5.41) is 0. The van der Waals surface area contributed by atoms with E-state index >= 15 is 0 Å². The van der Waals surface area contributed by atoms with Gasteiger partial charge in [0.1, 0.15) is 5.82 Å². The van der Waals surface area contributed by atoms with Crippen molar-refractivity contribution in [3.8, 4) is 0 Å². The van der Waals surface area contributed by atoms with Gasteiger partial charge in [0.25, 0.3) is 5.91 Å². The summed E-state index contributed by atoms with van der Waals surface area (Å²) < 4.78 is 0. The summed E-state index contributed by atoms with van der Waals surface area (Å²) in [4.78, 5) is 23.4. The fourth-order valence-electron chi connectivity index (χ4n) is 2.81. The molecular weight excluding hydrogens is 300 g/mol. The highest BCUT2D eigenvalue weighted by atomic mass is 35.5. The molecule has 6 heteroatoms. The normalized spacial score (nSPS) is 20.7. The van der Waals surface area contributed by atoms with Crippen molar-refractivity contribution < 1.29 is 4.79 Å². The number of halogens is 1. The predicted molar refractivity (Wildman–Crippen MR) is 90.4 cm³/mol. The number of aryl methyl sites for hydroxylation is 1. The van der Waals surface area contributed by atoms with E-state index in [0.29, 0.717) is 24.5 Å². The maximum atomic E-state index is 12.8. The van der Waals surface area contributed by atoms with Crippen molar-refractivity contribution >= 4 is 18.3 Å². The minimum Gasteiger partial charge on any atom is -0.338 e. The Morgan fingerprint density at radius 3 is 2.64 bits per heavy atom. The van der Waals surface area contributed by atoms with Crippen LogP contribution in [0, 0.1) is 12.3 Å². The number of carbonyl (C=O) groups excluding carboxylic acids is 1. The van der Waals surface area contributed by atoms with Gasteiger partial charge in [0.15, 0.2) is 0 Å². The van der Waals surface area contributed by atoms with E-state index in [2.05, 4.69) is 37.7 Å². The standard InChI is InChI=1S/C16H26N4O.ClH/c1-10(2)14-12(8-18-11(3)19-14)15(21)20-7-6-13(17)16(4,5)9-20;/h8,10,13H,6-7,9,17H2,1-5H3;1H. The molecule has 1 unspecified atom stereocenters. The average Bonchev–Trinajstić information content (AvgIpc) is 2.41. The molecule has 0 bridgehead atoms. The molecule has 1 saturated heterocycles. The molecule has 0 aromatic carbocycles. The highest BCUT2D eigenvalue weighted by molar-refractivity contribution is 5.95. The lowest BCUT2D eigenvalue weighted by Gasteiger charge is -2.42. The Bertz CT molecular complexity index is 545. The fourth-order valence-corrected chi connectivity index (χ4v) is 2.81. The van der Waals surface area contributed by atoms with Gasteiger partial charge in [0.05, 0.1) is 11.3 Å². The van der Waals surface area contributed by atoms with Gasteiger partial charge in [-0.3, -0.25) is 4.79 Å². The van der Waals surface area contributed by atoms with Gasteiger partial charge in [-0.15, -0.1) is 12.4 Å². The molecule has 0 aliphatic carbocycles. The lowest BCUT2D eigenvalue weighted by atomic mass is 9.79. The third-order valence-corrected chi connectivity index (χ3v) is 4.32. The number of aromatic nitrogens is 2. The summed E-state index contributed by atoms with van der Waals surface area (Å²) in [6.45, 7) is 11.6. The molecule has 0 spiro atoms. The van der Waals surface area contributed by atoms with Crippen LogP contribution in [-0.2, 0) is 0 Å². The Labute approximate surface area is 139 Å². The molecule has 2 N–H and O–H groups in total. The topological polar surface area (TPSA) is 72.1 Å². The zero-order valence-corrected chi connectivity index (χ0v) is 14.9. The van der Waals surface area contributed by atoms with Crippen LogP contribution in [-0.4, -0.2) is 39.9 Å². The van der Waals surface area contributed by atoms with Gasteiger partial charge in [-0.1, -0.05) is 27.7 Å². The smallest absolute Gasteiger partial charge is 0.257 e. The molecule has 124 valence electrons. The Morgan fingerprint density at radius 1 is 1.45 bits per heavy atom. The Hall–Kier alpha value is -1.20. The van der Waals surface area contributed by atoms with Crippen LogP contribution in [0.3, 0.4) is 0 Å². The monoisotopic (exact) mass is 326 g/mol. The first-order valence-electron chi connectivity index (χ1n) is 7.61. The number of rotatable bonds is 2. The summed E-state index contributed by atoms with van der Waals surface area (Å²) in [5.74, 6) is 0.931. The molecule has 1 fully saturated rings. The molecule has 22 heavy (non-hydrogen) atoms. The number of hydrogen-bond donors (Lipinski definition) is 1. The van der Waals surface area contributed by atoms with E-state index < -0.39 is 0 Å². The number of piperidine rings is 1. The first-order chi connectivity index (χ1) is 9.72. The molecule has 1 aliphatic heterocycles. The van der Waals surface area contributed by atoms with Gasteiger partial charge in [-0.25, -0.2) is 9.97 Å². The molecule has 0 saturated carbocycles. The highest BCUT2D eigenvalue weighted by Crippen LogP contribution is 2.29. The molecular formula is C16H27ClN4O. The number of nitrogens with zero attached hydrogens (tertiary/aromatic N) is 3. The van der Waals surface area contributed by atoms with Crippen molar-refractivity contribution in [2.75, 3.05) is 13.1 Å². The summed E-state index contributed by atoms with van der Waals surface area (Å²) in [5.41, 5.74) is 7.55. The maximum absolute atomic E-state index is 12.8. The largest absolute Gasteiger partial charge is 0.338 e. The van der Waals surface area contributed by atoms with Gasteiger partial charge in [-0.05, 0) is 24.7 Å². The Morgan fingerprint density at radius 2 is 2.09 bits per heavy atom. The molecule has 0 radical (unpaired) electrons. The van der Waals surface area contributed by atoms with Crippen molar-refractivity contribution in [2.24, 2.45) is 11.1 Å². The van der Waals surface area contributed by atoms with Crippen molar-refractivity contribution in [3.63, 3.8) is 0 Å². The van der Waals surface area contributed by atoms with Gasteiger partial charge in [-0.2, -0.15) is 0 Å². The summed E-state index contributed by atoms with van der Waals surface area (Å²) in [7, 11) is 0. The Kier molecular flexibility index (Phi) is 5.93. The first-order valence-corrected chi connectivity index (χ1v) is 7.61. The van der Waals surface area contributed by atoms with Crippen molar-refractivity contribution in [1.82, 2.24) is 14.9 Å². The molecule has 2 rings (SSSR count). The number of amides is 1. The van der Waals surface area contributed by atoms with E-state index in [0.717, 1.165) is 12.1 Å². The number of likely N-dealkylation sites (tertiary alicyclic amines) is 1. The second-order valence-electron chi connectivity index (χ2n) is 6.98. The van der Waals surface area contributed by atoms with E-state index in [1.165, 1.54) is 0 Å². The molecule has 1 atom stereocenters. The van der Waals surface area contributed by atoms with Crippen molar-refractivity contribution in [1.29, 1.82) is 0 Å². The molecule has 1 aromatic heterocycles. The number of hydrogen-bond acceptors (Lipinski definition) is 4. The number of nitrogens with two attached hydrogens (primary N) is 1. The van der Waals surface area contributed by atoms with Crippen LogP contribution in [0.2, 0.25) is 0 Å². The second-order valence-corrected chi connectivity index (χ2v) is 6.98. The van der Waals surface area contributed by atoms with Crippen LogP contribution in [0.1, 0.15) is 61.9 Å². The van der Waals surface area contributed by atoms with E-state index in [4.69, 9.17) is 5.73 Å². The van der Waals surface area contributed by atoms with E-state index in [1.54, 1.807) is 6.20 Å². The molecule has 5 nitrogen and oxygen atoms in total. The molecule has 1 amide bonds. The summed E-state index contributed by atoms with van der Waals surface area (Å²) in [6, 6.07) is 0.139. The molecule has 2 heterocycles. The van der Waals surface area contributed by atoms with Crippen molar-refractivity contribution in [3.05, 3.63) is 23.3 Å². The van der Waals surface area contributed by atoms with Crippen LogP contribution in [0.25, 0.3) is 0 Å². The predicted octanol–water partition coefficient (Wildman–Crippen LogP) is 2.53. The minimum atomic E-state index is -0.0581.